The minimum absolute atomic E-state index is 0.0828. The average Bonchev–Trinajstić information content (AvgIpc) is 2.17. The summed E-state index contributed by atoms with van der Waals surface area (Å²) in [6, 6.07) is 5.79. The van der Waals surface area contributed by atoms with E-state index in [0.29, 0.717) is 12.5 Å². The third-order valence-electron chi connectivity index (χ3n) is 2.19. The molecule has 0 spiro atoms. The molecule has 0 aliphatic carbocycles. The number of rotatable bonds is 4. The van der Waals surface area contributed by atoms with Crippen LogP contribution in [0, 0.1) is 0 Å². The topological polar surface area (TPSA) is 22.1 Å². The van der Waals surface area contributed by atoms with Gasteiger partial charge in [0.2, 0.25) is 5.88 Å². The Morgan fingerprint density at radius 1 is 1.43 bits per heavy atom. The van der Waals surface area contributed by atoms with E-state index in [0.717, 1.165) is 5.69 Å². The summed E-state index contributed by atoms with van der Waals surface area (Å²) in [5.41, 5.74) is 0.985. The summed E-state index contributed by atoms with van der Waals surface area (Å²) in [7, 11) is 0. The van der Waals surface area contributed by atoms with E-state index in [-0.39, 0.29) is 11.3 Å². The molecule has 0 amide bonds. The first-order valence-corrected chi connectivity index (χ1v) is 5.32. The first-order chi connectivity index (χ1) is 6.65. The molecule has 14 heavy (non-hydrogen) atoms. The molecule has 2 atom stereocenters. The Bertz CT molecular complexity index is 288. The summed E-state index contributed by atoms with van der Waals surface area (Å²) >= 11 is 6.01. The molecule has 0 aliphatic heterocycles. The van der Waals surface area contributed by atoms with E-state index >= 15 is 0 Å². The van der Waals surface area contributed by atoms with Crippen LogP contribution in [0.2, 0.25) is 0 Å². The van der Waals surface area contributed by atoms with E-state index < -0.39 is 0 Å². The Balaban J connectivity index is 2.82. The van der Waals surface area contributed by atoms with Crippen molar-refractivity contribution < 1.29 is 4.74 Å². The van der Waals surface area contributed by atoms with Gasteiger partial charge in [-0.1, -0.05) is 13.0 Å². The molecule has 1 heterocycles. The van der Waals surface area contributed by atoms with Crippen LogP contribution in [0.1, 0.15) is 32.4 Å². The van der Waals surface area contributed by atoms with Gasteiger partial charge in [-0.25, -0.2) is 4.98 Å². The van der Waals surface area contributed by atoms with Gasteiger partial charge in [0.15, 0.2) is 0 Å². The highest BCUT2D eigenvalue weighted by Crippen LogP contribution is 2.22. The maximum atomic E-state index is 6.01. The highest BCUT2D eigenvalue weighted by Gasteiger charge is 2.13. The van der Waals surface area contributed by atoms with Gasteiger partial charge in [-0.2, -0.15) is 0 Å². The van der Waals surface area contributed by atoms with Gasteiger partial charge in [-0.05, 0) is 19.9 Å². The van der Waals surface area contributed by atoms with Crippen LogP contribution in [-0.4, -0.2) is 17.0 Å². The van der Waals surface area contributed by atoms with Gasteiger partial charge in [0, 0.05) is 23.1 Å². The van der Waals surface area contributed by atoms with Crippen molar-refractivity contribution >= 4 is 11.6 Å². The van der Waals surface area contributed by atoms with Crippen LogP contribution in [0.15, 0.2) is 18.2 Å². The molecule has 2 nitrogen and oxygen atoms in total. The Labute approximate surface area is 90.3 Å². The smallest absolute Gasteiger partial charge is 0.213 e. The van der Waals surface area contributed by atoms with Crippen LogP contribution >= 0.6 is 11.6 Å². The number of aromatic nitrogens is 1. The highest BCUT2D eigenvalue weighted by molar-refractivity contribution is 6.20. The van der Waals surface area contributed by atoms with E-state index in [1.54, 1.807) is 0 Å². The van der Waals surface area contributed by atoms with E-state index in [1.165, 1.54) is 0 Å². The second kappa shape index (κ2) is 5.20. The number of ether oxygens (including phenoxy) is 1. The number of nitrogens with zero attached hydrogens (tertiary/aromatic N) is 1. The van der Waals surface area contributed by atoms with Crippen LogP contribution < -0.4 is 4.74 Å². The molecule has 0 fully saturated rings. The number of hydrogen-bond acceptors (Lipinski definition) is 2. The lowest BCUT2D eigenvalue weighted by atomic mass is 10.0. The fourth-order valence-corrected chi connectivity index (χ4v) is 1.28. The van der Waals surface area contributed by atoms with Gasteiger partial charge in [0.25, 0.3) is 0 Å². The Morgan fingerprint density at radius 2 is 2.14 bits per heavy atom. The van der Waals surface area contributed by atoms with Crippen molar-refractivity contribution in [1.82, 2.24) is 4.98 Å². The van der Waals surface area contributed by atoms with Crippen LogP contribution in [0.25, 0.3) is 0 Å². The number of hydrogen-bond donors (Lipinski definition) is 0. The fraction of sp³-hybridized carbons (Fsp3) is 0.545. The summed E-state index contributed by atoms with van der Waals surface area (Å²) < 4.78 is 5.32. The van der Waals surface area contributed by atoms with Gasteiger partial charge in [0.05, 0.1) is 6.61 Å². The van der Waals surface area contributed by atoms with Crippen molar-refractivity contribution in [3.05, 3.63) is 23.9 Å². The maximum absolute atomic E-state index is 6.01. The van der Waals surface area contributed by atoms with Crippen molar-refractivity contribution in [3.8, 4) is 5.88 Å². The lowest BCUT2D eigenvalue weighted by molar-refractivity contribution is 0.325. The molecule has 0 aromatic carbocycles. The Morgan fingerprint density at radius 3 is 2.71 bits per heavy atom. The molecule has 1 rings (SSSR count). The molecular weight excluding hydrogens is 198 g/mol. The molecule has 0 bridgehead atoms. The molecular formula is C11H16ClNO. The van der Waals surface area contributed by atoms with E-state index in [9.17, 15) is 0 Å². The molecule has 78 valence electrons. The van der Waals surface area contributed by atoms with Crippen LogP contribution in [0.3, 0.4) is 0 Å². The molecule has 3 heteroatoms. The second-order valence-corrected chi connectivity index (χ2v) is 3.99. The predicted octanol–water partition coefficient (Wildman–Crippen LogP) is 3.21. The van der Waals surface area contributed by atoms with E-state index in [4.69, 9.17) is 16.3 Å². The molecule has 1 aromatic heterocycles. The fourth-order valence-electron chi connectivity index (χ4n) is 1.15. The minimum Gasteiger partial charge on any atom is -0.478 e. The number of pyridine rings is 1. The third-order valence-corrected chi connectivity index (χ3v) is 2.57. The Kier molecular flexibility index (Phi) is 4.21. The van der Waals surface area contributed by atoms with Gasteiger partial charge in [0.1, 0.15) is 0 Å². The zero-order chi connectivity index (χ0) is 10.6. The zero-order valence-corrected chi connectivity index (χ0v) is 9.58. The SMILES string of the molecule is CCOc1cccc(C(C)C(C)Cl)n1. The predicted molar refractivity (Wildman–Crippen MR) is 59.1 cm³/mol. The summed E-state index contributed by atoms with van der Waals surface area (Å²) in [5.74, 6) is 0.922. The summed E-state index contributed by atoms with van der Waals surface area (Å²) in [6.45, 7) is 6.63. The lowest BCUT2D eigenvalue weighted by Crippen LogP contribution is -2.07. The zero-order valence-electron chi connectivity index (χ0n) is 8.83. The summed E-state index contributed by atoms with van der Waals surface area (Å²) in [6.07, 6.45) is 0. The molecule has 0 aliphatic rings. The molecule has 0 N–H and O–H groups in total. The lowest BCUT2D eigenvalue weighted by Gasteiger charge is -2.13. The van der Waals surface area contributed by atoms with Crippen LogP contribution in [-0.2, 0) is 0 Å². The number of alkyl halides is 1. The summed E-state index contributed by atoms with van der Waals surface area (Å²) in [5, 5.41) is 0.0828. The van der Waals surface area contributed by atoms with Gasteiger partial charge >= 0.3 is 0 Å². The molecule has 0 saturated carbocycles. The highest BCUT2D eigenvalue weighted by atomic mass is 35.5. The largest absolute Gasteiger partial charge is 0.478 e. The van der Waals surface area contributed by atoms with Crippen molar-refractivity contribution in [3.63, 3.8) is 0 Å². The summed E-state index contributed by atoms with van der Waals surface area (Å²) in [4.78, 5) is 4.38. The van der Waals surface area contributed by atoms with Crippen molar-refractivity contribution in [1.29, 1.82) is 0 Å². The maximum Gasteiger partial charge on any atom is 0.213 e. The van der Waals surface area contributed by atoms with Crippen molar-refractivity contribution in [2.24, 2.45) is 0 Å². The minimum atomic E-state index is 0.0828. The van der Waals surface area contributed by atoms with Gasteiger partial charge < -0.3 is 4.74 Å². The first-order valence-electron chi connectivity index (χ1n) is 4.89. The molecule has 0 radical (unpaired) electrons. The van der Waals surface area contributed by atoms with E-state index in [1.807, 2.05) is 32.0 Å². The quantitative estimate of drug-likeness (QED) is 0.717. The van der Waals surface area contributed by atoms with Gasteiger partial charge in [-0.15, -0.1) is 11.6 Å². The molecule has 2 unspecified atom stereocenters. The van der Waals surface area contributed by atoms with Crippen molar-refractivity contribution in [2.75, 3.05) is 6.61 Å². The van der Waals surface area contributed by atoms with E-state index in [2.05, 4.69) is 11.9 Å². The normalized spacial score (nSPS) is 14.9. The van der Waals surface area contributed by atoms with Crippen molar-refractivity contribution in [2.45, 2.75) is 32.1 Å². The van der Waals surface area contributed by atoms with Crippen LogP contribution in [0.4, 0.5) is 0 Å². The monoisotopic (exact) mass is 213 g/mol. The molecule has 0 saturated heterocycles. The number of halogens is 1. The standard InChI is InChI=1S/C11H16ClNO/c1-4-14-11-7-5-6-10(13-11)8(2)9(3)12/h5-9H,4H2,1-3H3. The second-order valence-electron chi connectivity index (χ2n) is 3.30. The Hall–Kier alpha value is -0.760. The third kappa shape index (κ3) is 2.88. The van der Waals surface area contributed by atoms with Crippen LogP contribution in [0.5, 0.6) is 5.88 Å². The molecule has 1 aromatic rings. The average molecular weight is 214 g/mol. The first kappa shape index (κ1) is 11.3. The van der Waals surface area contributed by atoms with Gasteiger partial charge in [-0.3, -0.25) is 0 Å².